The van der Waals surface area contributed by atoms with Gasteiger partial charge in [-0.3, -0.25) is 4.79 Å². The van der Waals surface area contributed by atoms with E-state index in [0.717, 1.165) is 37.8 Å². The van der Waals surface area contributed by atoms with Crippen LogP contribution in [0.25, 0.3) is 0 Å². The number of nitrogens with one attached hydrogen (secondary N) is 1. The van der Waals surface area contributed by atoms with Crippen LogP contribution in [0.15, 0.2) is 42.5 Å². The molecule has 1 aliphatic carbocycles. The Morgan fingerprint density at radius 2 is 1.94 bits per heavy atom. The number of carbonyl (C=O) groups is 1. The number of rotatable bonds is 10. The minimum absolute atomic E-state index is 0.120. The fourth-order valence-electron chi connectivity index (χ4n) is 4.38. The lowest BCUT2D eigenvalue weighted by Gasteiger charge is -2.32. The van der Waals surface area contributed by atoms with Gasteiger partial charge in [-0.25, -0.2) is 4.39 Å². The number of amides is 1. The minimum Gasteiger partial charge on any atom is -0.454 e. The molecular weight excluding hydrogens is 405 g/mol. The van der Waals surface area contributed by atoms with Crippen molar-refractivity contribution in [2.75, 3.05) is 18.1 Å². The molecule has 0 bridgehead atoms. The topological polar surface area (TPSA) is 67.6 Å². The Hall–Kier alpha value is -2.76. The summed E-state index contributed by atoms with van der Waals surface area (Å²) in [6, 6.07) is 12.1. The van der Waals surface area contributed by atoms with Gasteiger partial charge >= 0.3 is 0 Å². The summed E-state index contributed by atoms with van der Waals surface area (Å²) in [5.74, 6) is 0.479. The van der Waals surface area contributed by atoms with Crippen LogP contribution in [0.5, 0.6) is 11.5 Å². The van der Waals surface area contributed by atoms with Crippen molar-refractivity contribution >= 4 is 17.3 Å². The molecule has 5 nitrogen and oxygen atoms in total. The third-order valence-electron chi connectivity index (χ3n) is 6.31. The average Bonchev–Trinajstić information content (AvgIpc) is 2.81. The van der Waals surface area contributed by atoms with E-state index in [1.54, 1.807) is 36.4 Å². The molecule has 2 aromatic carbocycles. The lowest BCUT2D eigenvalue weighted by molar-refractivity contribution is -0.132. The minimum atomic E-state index is -0.414. The zero-order valence-corrected chi connectivity index (χ0v) is 19.3. The molecule has 32 heavy (non-hydrogen) atoms. The van der Waals surface area contributed by atoms with Gasteiger partial charge in [0.1, 0.15) is 5.75 Å². The molecule has 1 fully saturated rings. The van der Waals surface area contributed by atoms with Crippen molar-refractivity contribution < 1.29 is 13.9 Å². The zero-order chi connectivity index (χ0) is 22.9. The number of para-hydroxylation sites is 1. The lowest BCUT2D eigenvalue weighted by atomic mass is 9.94. The van der Waals surface area contributed by atoms with Crippen molar-refractivity contribution in [3.63, 3.8) is 0 Å². The number of hydrogen-bond acceptors (Lipinski definition) is 4. The maximum atomic E-state index is 13.9. The number of nitrogens with two attached hydrogens (primary N) is 1. The van der Waals surface area contributed by atoms with E-state index in [0.29, 0.717) is 23.9 Å². The zero-order valence-electron chi connectivity index (χ0n) is 19.3. The number of nitrogens with zero attached hydrogens (tertiary/aromatic N) is 1. The van der Waals surface area contributed by atoms with Crippen molar-refractivity contribution in [1.29, 1.82) is 0 Å². The first-order valence-corrected chi connectivity index (χ1v) is 11.8. The molecule has 0 aliphatic heterocycles. The number of carbonyl (C=O) groups excluding carboxylic acids is 1. The van der Waals surface area contributed by atoms with Crippen LogP contribution in [0, 0.1) is 5.82 Å². The number of hydrogen-bond donors (Lipinski definition) is 2. The predicted octanol–water partition coefficient (Wildman–Crippen LogP) is 6.35. The Labute approximate surface area is 191 Å². The third kappa shape index (κ3) is 6.62. The van der Waals surface area contributed by atoms with Gasteiger partial charge in [-0.1, -0.05) is 44.7 Å². The standard InChI is InChI=1S/C26H36FN3O2/c1-3-9-19(14-17-26(31)30(2)20-10-5-4-6-11-20)29-24-18-21(15-16-23(24)28)32-25-13-8-7-12-22(25)27/h7-8,12-13,15-16,18-20,29H,3-6,9-11,14,17,28H2,1-2H3. The van der Waals surface area contributed by atoms with Crippen LogP contribution in [0.4, 0.5) is 15.8 Å². The number of nitrogen functional groups attached to an aromatic ring is 1. The second kappa shape index (κ2) is 11.7. The number of benzene rings is 2. The van der Waals surface area contributed by atoms with E-state index in [1.807, 2.05) is 11.9 Å². The number of anilines is 2. The smallest absolute Gasteiger partial charge is 0.222 e. The molecule has 174 valence electrons. The quantitative estimate of drug-likeness (QED) is 0.422. The highest BCUT2D eigenvalue weighted by Gasteiger charge is 2.22. The highest BCUT2D eigenvalue weighted by Crippen LogP contribution is 2.31. The number of halogens is 1. The second-order valence-corrected chi connectivity index (χ2v) is 8.75. The van der Waals surface area contributed by atoms with E-state index in [2.05, 4.69) is 12.2 Å². The van der Waals surface area contributed by atoms with Crippen LogP contribution in [-0.4, -0.2) is 29.9 Å². The van der Waals surface area contributed by atoms with Crippen molar-refractivity contribution in [2.24, 2.45) is 0 Å². The molecule has 2 aromatic rings. The molecule has 1 amide bonds. The Morgan fingerprint density at radius 3 is 2.66 bits per heavy atom. The summed E-state index contributed by atoms with van der Waals surface area (Å²) in [6.07, 6.45) is 9.11. The fraction of sp³-hybridized carbons (Fsp3) is 0.500. The second-order valence-electron chi connectivity index (χ2n) is 8.75. The van der Waals surface area contributed by atoms with Crippen LogP contribution < -0.4 is 15.8 Å². The van der Waals surface area contributed by atoms with E-state index in [9.17, 15) is 9.18 Å². The SMILES string of the molecule is CCCC(CCC(=O)N(C)C1CCCCC1)Nc1cc(Oc2ccccc2F)ccc1N. The van der Waals surface area contributed by atoms with Crippen LogP contribution in [0.2, 0.25) is 0 Å². The van der Waals surface area contributed by atoms with Gasteiger partial charge in [0, 0.05) is 31.6 Å². The summed E-state index contributed by atoms with van der Waals surface area (Å²) < 4.78 is 19.7. The van der Waals surface area contributed by atoms with E-state index in [-0.39, 0.29) is 17.7 Å². The molecule has 3 rings (SSSR count). The van der Waals surface area contributed by atoms with Crippen LogP contribution >= 0.6 is 0 Å². The van der Waals surface area contributed by atoms with E-state index < -0.39 is 5.82 Å². The lowest BCUT2D eigenvalue weighted by Crippen LogP contribution is -2.38. The van der Waals surface area contributed by atoms with Gasteiger partial charge in [0.25, 0.3) is 0 Å². The van der Waals surface area contributed by atoms with Crippen LogP contribution in [0.3, 0.4) is 0 Å². The molecule has 1 saturated carbocycles. The molecule has 6 heteroatoms. The third-order valence-corrected chi connectivity index (χ3v) is 6.31. The molecular formula is C26H36FN3O2. The van der Waals surface area contributed by atoms with Gasteiger partial charge in [0.05, 0.1) is 11.4 Å². The van der Waals surface area contributed by atoms with Crippen molar-refractivity contribution in [3.05, 3.63) is 48.3 Å². The molecule has 0 aromatic heterocycles. The van der Waals surface area contributed by atoms with Gasteiger partial charge < -0.3 is 20.7 Å². The normalized spacial score (nSPS) is 15.2. The van der Waals surface area contributed by atoms with Gasteiger partial charge in [-0.15, -0.1) is 0 Å². The first-order valence-electron chi connectivity index (χ1n) is 11.8. The molecule has 1 atom stereocenters. The molecule has 0 saturated heterocycles. The van der Waals surface area contributed by atoms with E-state index in [1.165, 1.54) is 25.3 Å². The van der Waals surface area contributed by atoms with Gasteiger partial charge in [0.15, 0.2) is 11.6 Å². The Balaban J connectivity index is 1.62. The van der Waals surface area contributed by atoms with Gasteiger partial charge in [0.2, 0.25) is 5.91 Å². The highest BCUT2D eigenvalue weighted by molar-refractivity contribution is 5.76. The summed E-state index contributed by atoms with van der Waals surface area (Å²) in [5, 5.41) is 3.49. The van der Waals surface area contributed by atoms with Crippen LogP contribution in [-0.2, 0) is 4.79 Å². The Morgan fingerprint density at radius 1 is 1.19 bits per heavy atom. The molecule has 1 unspecified atom stereocenters. The summed E-state index contributed by atoms with van der Waals surface area (Å²) >= 11 is 0. The maximum absolute atomic E-state index is 13.9. The highest BCUT2D eigenvalue weighted by atomic mass is 19.1. The first-order chi connectivity index (χ1) is 15.5. The Bertz CT molecular complexity index is 883. The molecule has 3 N–H and O–H groups in total. The summed E-state index contributed by atoms with van der Waals surface area (Å²) in [4.78, 5) is 14.7. The maximum Gasteiger partial charge on any atom is 0.222 e. The monoisotopic (exact) mass is 441 g/mol. The van der Waals surface area contributed by atoms with Crippen molar-refractivity contribution in [2.45, 2.75) is 76.8 Å². The van der Waals surface area contributed by atoms with E-state index >= 15 is 0 Å². The van der Waals surface area contributed by atoms with Crippen molar-refractivity contribution in [3.8, 4) is 11.5 Å². The largest absolute Gasteiger partial charge is 0.454 e. The molecule has 0 radical (unpaired) electrons. The first kappa shape index (κ1) is 23.9. The molecule has 1 aliphatic rings. The molecule has 0 spiro atoms. The Kier molecular flexibility index (Phi) is 8.77. The fourth-order valence-corrected chi connectivity index (χ4v) is 4.38. The van der Waals surface area contributed by atoms with Crippen molar-refractivity contribution in [1.82, 2.24) is 4.90 Å². The predicted molar refractivity (Wildman–Crippen MR) is 129 cm³/mol. The molecule has 0 heterocycles. The summed E-state index contributed by atoms with van der Waals surface area (Å²) in [6.45, 7) is 2.13. The summed E-state index contributed by atoms with van der Waals surface area (Å²) in [7, 11) is 1.95. The van der Waals surface area contributed by atoms with Gasteiger partial charge in [-0.2, -0.15) is 0 Å². The summed E-state index contributed by atoms with van der Waals surface area (Å²) in [5.41, 5.74) is 7.53. The van der Waals surface area contributed by atoms with Gasteiger partial charge in [-0.05, 0) is 49.9 Å². The van der Waals surface area contributed by atoms with Crippen LogP contribution in [0.1, 0.15) is 64.7 Å². The average molecular weight is 442 g/mol. The van der Waals surface area contributed by atoms with E-state index in [4.69, 9.17) is 10.5 Å². The number of ether oxygens (including phenoxy) is 1.